The first kappa shape index (κ1) is 7.51. The normalized spacial score (nSPS) is 38.9. The minimum Gasteiger partial charge on any atom is -0.377 e. The molecule has 0 aromatic carbocycles. The second kappa shape index (κ2) is 2.99. The van der Waals surface area contributed by atoms with Crippen molar-refractivity contribution in [3.8, 4) is 0 Å². The molecule has 3 unspecified atom stereocenters. The van der Waals surface area contributed by atoms with Crippen LogP contribution in [0.15, 0.2) is 0 Å². The molecule has 1 saturated heterocycles. The van der Waals surface area contributed by atoms with Gasteiger partial charge in [-0.2, -0.15) is 0 Å². The van der Waals surface area contributed by atoms with E-state index in [2.05, 4.69) is 0 Å². The van der Waals surface area contributed by atoms with Crippen molar-refractivity contribution in [1.29, 1.82) is 0 Å². The molecule has 2 nitrogen and oxygen atoms in total. The van der Waals surface area contributed by atoms with Crippen LogP contribution in [0.4, 0.5) is 0 Å². The summed E-state index contributed by atoms with van der Waals surface area (Å²) in [7, 11) is 4.15. The van der Waals surface area contributed by atoms with Gasteiger partial charge in [0.15, 0.2) is 0 Å². The second-order valence-corrected chi connectivity index (χ2v) is 4.17. The maximum atomic E-state index is 10.7. The Balaban J connectivity index is 2.49. The molecule has 0 aliphatic carbocycles. The van der Waals surface area contributed by atoms with Gasteiger partial charge in [-0.05, 0) is 24.0 Å². The van der Waals surface area contributed by atoms with Gasteiger partial charge in [-0.1, -0.05) is 0 Å². The third kappa shape index (κ3) is 1.66. The van der Waals surface area contributed by atoms with Gasteiger partial charge in [-0.25, -0.2) is 4.21 Å². The van der Waals surface area contributed by atoms with Crippen LogP contribution in [0.3, 0.4) is 0 Å². The van der Waals surface area contributed by atoms with E-state index in [1.54, 1.807) is 0 Å². The summed E-state index contributed by atoms with van der Waals surface area (Å²) in [4.78, 5) is 0. The summed E-state index contributed by atoms with van der Waals surface area (Å²) >= 11 is 0. The summed E-state index contributed by atoms with van der Waals surface area (Å²) in [6, 6.07) is 0. The van der Waals surface area contributed by atoms with Gasteiger partial charge in [0.25, 0.3) is 0 Å². The van der Waals surface area contributed by atoms with Crippen LogP contribution in [-0.2, 0) is 14.7 Å². The smallest absolute Gasteiger partial charge is 0.120 e. The van der Waals surface area contributed by atoms with Gasteiger partial charge in [0, 0.05) is 6.61 Å². The molecule has 1 fully saturated rings. The van der Waals surface area contributed by atoms with Gasteiger partial charge in [0.05, 0.1) is 11.4 Å². The lowest BCUT2D eigenvalue weighted by molar-refractivity contribution is 0.127. The molecule has 0 amide bonds. The molecule has 1 rings (SSSR count). The zero-order valence-electron chi connectivity index (χ0n) is 5.17. The second-order valence-electron chi connectivity index (χ2n) is 2.15. The van der Waals surface area contributed by atoms with Crippen molar-refractivity contribution in [3.63, 3.8) is 0 Å². The highest BCUT2D eigenvalue weighted by atomic mass is 35.7. The van der Waals surface area contributed by atoms with Gasteiger partial charge in [-0.3, -0.25) is 0 Å². The SMILES string of the molecule is CC1OCCC1S(=O)Cl. The fourth-order valence-electron chi connectivity index (χ4n) is 0.955. The number of rotatable bonds is 1. The Morgan fingerprint density at radius 1 is 1.78 bits per heavy atom. The third-order valence-electron chi connectivity index (χ3n) is 1.54. The van der Waals surface area contributed by atoms with Crippen molar-refractivity contribution in [3.05, 3.63) is 0 Å². The minimum atomic E-state index is -1.22. The number of hydrogen-bond acceptors (Lipinski definition) is 2. The molecule has 9 heavy (non-hydrogen) atoms. The van der Waals surface area contributed by atoms with E-state index in [1.807, 2.05) is 6.92 Å². The van der Waals surface area contributed by atoms with Crippen molar-refractivity contribution in [1.82, 2.24) is 0 Å². The Morgan fingerprint density at radius 3 is 2.67 bits per heavy atom. The zero-order valence-corrected chi connectivity index (χ0v) is 6.74. The van der Waals surface area contributed by atoms with E-state index in [0.29, 0.717) is 6.61 Å². The maximum absolute atomic E-state index is 10.7. The van der Waals surface area contributed by atoms with Crippen LogP contribution in [0.2, 0.25) is 0 Å². The topological polar surface area (TPSA) is 26.3 Å². The van der Waals surface area contributed by atoms with E-state index in [0.717, 1.165) is 6.42 Å². The summed E-state index contributed by atoms with van der Waals surface area (Å²) in [6.45, 7) is 2.60. The Hall–Kier alpha value is 0.400. The fourth-order valence-corrected chi connectivity index (χ4v) is 2.32. The Bertz CT molecular complexity index is 128. The predicted octanol–water partition coefficient (Wildman–Crippen LogP) is 1.07. The van der Waals surface area contributed by atoms with E-state index < -0.39 is 10.0 Å². The fraction of sp³-hybridized carbons (Fsp3) is 1.00. The summed E-state index contributed by atoms with van der Waals surface area (Å²) in [5.74, 6) is 0. The maximum Gasteiger partial charge on any atom is 0.120 e. The lowest BCUT2D eigenvalue weighted by Gasteiger charge is -2.07. The molecular weight excluding hydrogens is 160 g/mol. The quantitative estimate of drug-likeness (QED) is 0.548. The first-order valence-electron chi connectivity index (χ1n) is 2.90. The molecule has 0 bridgehead atoms. The number of halogens is 1. The van der Waals surface area contributed by atoms with Gasteiger partial charge in [0.2, 0.25) is 0 Å². The van der Waals surface area contributed by atoms with Gasteiger partial charge >= 0.3 is 0 Å². The monoisotopic (exact) mass is 168 g/mol. The average Bonchev–Trinajstić information content (AvgIpc) is 2.13. The van der Waals surface area contributed by atoms with Crippen molar-refractivity contribution in [2.24, 2.45) is 0 Å². The van der Waals surface area contributed by atoms with Crippen molar-refractivity contribution in [2.75, 3.05) is 6.61 Å². The lowest BCUT2D eigenvalue weighted by Crippen LogP contribution is -2.19. The molecular formula is C5H9ClO2S. The molecule has 0 saturated carbocycles. The highest BCUT2D eigenvalue weighted by molar-refractivity contribution is 8.08. The first-order chi connectivity index (χ1) is 4.22. The summed E-state index contributed by atoms with van der Waals surface area (Å²) in [5, 5.41) is 0.0478. The van der Waals surface area contributed by atoms with E-state index in [4.69, 9.17) is 15.4 Å². The molecule has 0 N–H and O–H groups in total. The van der Waals surface area contributed by atoms with Gasteiger partial charge in [-0.15, -0.1) is 0 Å². The van der Waals surface area contributed by atoms with Crippen molar-refractivity contribution >= 4 is 20.7 Å². The number of hydrogen-bond donors (Lipinski definition) is 0. The van der Waals surface area contributed by atoms with Crippen LogP contribution in [0.25, 0.3) is 0 Å². The van der Waals surface area contributed by atoms with Crippen molar-refractivity contribution < 1.29 is 8.95 Å². The number of ether oxygens (including phenoxy) is 1. The third-order valence-corrected chi connectivity index (χ3v) is 3.33. The van der Waals surface area contributed by atoms with Crippen LogP contribution in [0.1, 0.15) is 13.3 Å². The van der Waals surface area contributed by atoms with Crippen molar-refractivity contribution in [2.45, 2.75) is 24.7 Å². The van der Waals surface area contributed by atoms with E-state index in [-0.39, 0.29) is 11.4 Å². The zero-order chi connectivity index (χ0) is 6.85. The average molecular weight is 169 g/mol. The predicted molar refractivity (Wildman–Crippen MR) is 37.8 cm³/mol. The van der Waals surface area contributed by atoms with Crippen LogP contribution in [-0.4, -0.2) is 22.2 Å². The highest BCUT2D eigenvalue weighted by Crippen LogP contribution is 2.20. The minimum absolute atomic E-state index is 0.0478. The Morgan fingerprint density at radius 2 is 2.44 bits per heavy atom. The van der Waals surface area contributed by atoms with Crippen LogP contribution in [0, 0.1) is 0 Å². The Kier molecular flexibility index (Phi) is 2.50. The first-order valence-corrected chi connectivity index (χ1v) is 4.94. The molecule has 0 radical (unpaired) electrons. The molecule has 4 heteroatoms. The van der Waals surface area contributed by atoms with Crippen LogP contribution < -0.4 is 0 Å². The van der Waals surface area contributed by atoms with Gasteiger partial charge < -0.3 is 4.74 Å². The molecule has 3 atom stereocenters. The summed E-state index contributed by atoms with van der Waals surface area (Å²) in [5.41, 5.74) is 0. The molecule has 1 aliphatic rings. The van der Waals surface area contributed by atoms with Crippen LogP contribution in [0.5, 0.6) is 0 Å². The molecule has 1 aliphatic heterocycles. The summed E-state index contributed by atoms with van der Waals surface area (Å²) in [6.07, 6.45) is 0.903. The molecule has 1 heterocycles. The van der Waals surface area contributed by atoms with Crippen LogP contribution >= 0.6 is 10.7 Å². The highest BCUT2D eigenvalue weighted by Gasteiger charge is 2.28. The summed E-state index contributed by atoms with van der Waals surface area (Å²) < 4.78 is 15.8. The van der Waals surface area contributed by atoms with E-state index in [9.17, 15) is 4.21 Å². The van der Waals surface area contributed by atoms with E-state index in [1.165, 1.54) is 0 Å². The standard InChI is InChI=1S/C5H9ClO2S/c1-4-5(9(6)7)2-3-8-4/h4-5H,2-3H2,1H3. The molecule has 0 spiro atoms. The lowest BCUT2D eigenvalue weighted by atomic mass is 10.3. The Labute approximate surface area is 61.5 Å². The van der Waals surface area contributed by atoms with E-state index >= 15 is 0 Å². The molecule has 0 aromatic rings. The largest absolute Gasteiger partial charge is 0.377 e. The molecule has 54 valence electrons. The molecule has 0 aromatic heterocycles. The van der Waals surface area contributed by atoms with Gasteiger partial charge in [0.1, 0.15) is 10.0 Å².